The van der Waals surface area contributed by atoms with Gasteiger partial charge in [0.1, 0.15) is 0 Å². The summed E-state index contributed by atoms with van der Waals surface area (Å²) in [4.78, 5) is 0. The fraction of sp³-hybridized carbons (Fsp3) is 0.316. The molecule has 2 N–H and O–H groups in total. The zero-order valence-electron chi connectivity index (χ0n) is 16.2. The third kappa shape index (κ3) is 4.66. The number of aromatic nitrogens is 4. The normalized spacial score (nSPS) is 10.9. The Labute approximate surface area is 179 Å². The van der Waals surface area contributed by atoms with Gasteiger partial charge in [0, 0.05) is 25.4 Å². The van der Waals surface area contributed by atoms with Crippen LogP contribution in [0, 0.1) is 20.8 Å². The van der Waals surface area contributed by atoms with E-state index in [9.17, 15) is 0 Å². The van der Waals surface area contributed by atoms with Crippen LogP contribution in [0.3, 0.4) is 0 Å². The van der Waals surface area contributed by atoms with Crippen molar-refractivity contribution in [2.75, 3.05) is 5.32 Å². The molecular weight excluding hydrogens is 415 g/mol. The first-order valence-electron chi connectivity index (χ1n) is 8.76. The molecule has 3 rings (SSSR count). The number of halogens is 2. The molecule has 148 valence electrons. The summed E-state index contributed by atoms with van der Waals surface area (Å²) < 4.78 is 3.72. The molecule has 0 amide bonds. The number of anilines is 1. The molecule has 0 unspecified atom stereocenters. The summed E-state index contributed by atoms with van der Waals surface area (Å²) in [6.07, 6.45) is 1.98. The summed E-state index contributed by atoms with van der Waals surface area (Å²) in [6, 6.07) is 5.60. The van der Waals surface area contributed by atoms with Crippen molar-refractivity contribution < 1.29 is 0 Å². The van der Waals surface area contributed by atoms with Gasteiger partial charge in [-0.25, -0.2) is 0 Å². The molecule has 0 aliphatic rings. The highest BCUT2D eigenvalue weighted by Gasteiger charge is 2.14. The van der Waals surface area contributed by atoms with Gasteiger partial charge in [0.2, 0.25) is 0 Å². The van der Waals surface area contributed by atoms with Gasteiger partial charge < -0.3 is 10.6 Å². The van der Waals surface area contributed by atoms with Crippen LogP contribution >= 0.6 is 35.4 Å². The predicted molar refractivity (Wildman–Crippen MR) is 118 cm³/mol. The van der Waals surface area contributed by atoms with Crippen molar-refractivity contribution in [3.63, 3.8) is 0 Å². The second-order valence-electron chi connectivity index (χ2n) is 6.67. The summed E-state index contributed by atoms with van der Waals surface area (Å²) in [5.41, 5.74) is 5.89. The summed E-state index contributed by atoms with van der Waals surface area (Å²) in [5.74, 6) is 0. The van der Waals surface area contributed by atoms with E-state index in [1.54, 1.807) is 10.7 Å². The quantitative estimate of drug-likeness (QED) is 0.580. The van der Waals surface area contributed by atoms with Crippen molar-refractivity contribution in [2.24, 2.45) is 7.05 Å². The van der Waals surface area contributed by atoms with Gasteiger partial charge >= 0.3 is 0 Å². The summed E-state index contributed by atoms with van der Waals surface area (Å²) in [6.45, 7) is 7.15. The molecule has 0 saturated carbocycles. The molecule has 1 aromatic carbocycles. The number of hydrogen-bond acceptors (Lipinski definition) is 3. The van der Waals surface area contributed by atoms with Crippen LogP contribution in [0.1, 0.15) is 28.2 Å². The van der Waals surface area contributed by atoms with E-state index in [0.717, 1.165) is 33.9 Å². The molecule has 0 aliphatic heterocycles. The fourth-order valence-electron chi connectivity index (χ4n) is 3.00. The van der Waals surface area contributed by atoms with Crippen LogP contribution in [-0.2, 0) is 20.1 Å². The number of thiocarbonyl (C=S) groups is 1. The van der Waals surface area contributed by atoms with Gasteiger partial charge in [0.05, 0.1) is 39.4 Å². The van der Waals surface area contributed by atoms with E-state index < -0.39 is 0 Å². The Morgan fingerprint density at radius 2 is 1.86 bits per heavy atom. The minimum Gasteiger partial charge on any atom is -0.358 e. The average molecular weight is 437 g/mol. The van der Waals surface area contributed by atoms with Gasteiger partial charge in [-0.1, -0.05) is 29.3 Å². The summed E-state index contributed by atoms with van der Waals surface area (Å²) in [5, 5.41) is 17.1. The predicted octanol–water partition coefficient (Wildman–Crippen LogP) is 4.38. The molecule has 0 fully saturated rings. The van der Waals surface area contributed by atoms with E-state index in [0.29, 0.717) is 28.2 Å². The Morgan fingerprint density at radius 1 is 1.11 bits per heavy atom. The number of nitrogens with zero attached hydrogens (tertiary/aromatic N) is 4. The van der Waals surface area contributed by atoms with Gasteiger partial charge in [0.25, 0.3) is 0 Å². The van der Waals surface area contributed by atoms with E-state index in [2.05, 4.69) is 20.8 Å². The van der Waals surface area contributed by atoms with Crippen LogP contribution in [0.15, 0.2) is 24.4 Å². The topological polar surface area (TPSA) is 59.7 Å². The molecule has 2 heterocycles. The van der Waals surface area contributed by atoms with E-state index in [4.69, 9.17) is 35.4 Å². The second kappa shape index (κ2) is 8.51. The third-order valence-corrected chi connectivity index (χ3v) is 5.48. The Bertz CT molecular complexity index is 1020. The molecule has 0 bridgehead atoms. The smallest absolute Gasteiger partial charge is 0.171 e. The Morgan fingerprint density at radius 3 is 2.50 bits per heavy atom. The summed E-state index contributed by atoms with van der Waals surface area (Å²) >= 11 is 17.6. The SMILES string of the molecule is Cc1nn(C)cc1CNC(=S)Nc1c(C)nn(Cc2ccc(Cl)c(Cl)c2)c1C. The van der Waals surface area contributed by atoms with E-state index >= 15 is 0 Å². The largest absolute Gasteiger partial charge is 0.358 e. The zero-order chi connectivity index (χ0) is 20.4. The number of nitrogens with one attached hydrogen (secondary N) is 2. The first kappa shape index (κ1) is 20.6. The van der Waals surface area contributed by atoms with Crippen LogP contribution in [0.25, 0.3) is 0 Å². The van der Waals surface area contributed by atoms with Gasteiger partial charge in [0.15, 0.2) is 5.11 Å². The molecule has 2 aromatic heterocycles. The van der Waals surface area contributed by atoms with Crippen LogP contribution in [0.2, 0.25) is 10.0 Å². The summed E-state index contributed by atoms with van der Waals surface area (Å²) in [7, 11) is 1.90. The van der Waals surface area contributed by atoms with Crippen LogP contribution in [-0.4, -0.2) is 24.7 Å². The molecule has 0 atom stereocenters. The van der Waals surface area contributed by atoms with Crippen molar-refractivity contribution in [1.82, 2.24) is 24.9 Å². The Balaban J connectivity index is 1.68. The molecule has 9 heteroatoms. The van der Waals surface area contributed by atoms with Gasteiger partial charge in [-0.3, -0.25) is 9.36 Å². The zero-order valence-corrected chi connectivity index (χ0v) is 18.5. The van der Waals surface area contributed by atoms with Gasteiger partial charge in [-0.2, -0.15) is 10.2 Å². The number of rotatable bonds is 5. The highest BCUT2D eigenvalue weighted by atomic mass is 35.5. The van der Waals surface area contributed by atoms with Crippen LogP contribution in [0.4, 0.5) is 5.69 Å². The fourth-order valence-corrected chi connectivity index (χ4v) is 3.49. The lowest BCUT2D eigenvalue weighted by molar-refractivity contribution is 0.659. The Kier molecular flexibility index (Phi) is 6.27. The standard InChI is InChI=1S/C19H22Cl2N6S/c1-11-15(10-26(4)24-11)8-22-19(28)23-18-12(2)25-27(13(18)3)9-14-5-6-16(20)17(21)7-14/h5-7,10H,8-9H2,1-4H3,(H2,22,23,28). The van der Waals surface area contributed by atoms with Gasteiger partial charge in [-0.15, -0.1) is 0 Å². The lowest BCUT2D eigenvalue weighted by atomic mass is 10.2. The van der Waals surface area contributed by atoms with E-state index in [1.165, 1.54) is 0 Å². The van der Waals surface area contributed by atoms with Crippen molar-refractivity contribution >= 4 is 46.2 Å². The van der Waals surface area contributed by atoms with Crippen molar-refractivity contribution in [3.05, 3.63) is 62.6 Å². The number of hydrogen-bond donors (Lipinski definition) is 2. The molecule has 3 aromatic rings. The maximum atomic E-state index is 6.12. The molecule has 0 aliphatic carbocycles. The number of benzene rings is 1. The van der Waals surface area contributed by atoms with Crippen molar-refractivity contribution in [3.8, 4) is 0 Å². The minimum absolute atomic E-state index is 0.537. The highest BCUT2D eigenvalue weighted by molar-refractivity contribution is 7.80. The first-order chi connectivity index (χ1) is 13.2. The minimum atomic E-state index is 0.537. The molecule has 0 radical (unpaired) electrons. The first-order valence-corrected chi connectivity index (χ1v) is 9.93. The molecule has 6 nitrogen and oxygen atoms in total. The lowest BCUT2D eigenvalue weighted by Crippen LogP contribution is -2.28. The Hall–Kier alpha value is -2.09. The van der Waals surface area contributed by atoms with Gasteiger partial charge in [-0.05, 0) is 50.7 Å². The third-order valence-electron chi connectivity index (χ3n) is 4.49. The molecular formula is C19H22Cl2N6S. The van der Waals surface area contributed by atoms with Crippen LogP contribution in [0.5, 0.6) is 0 Å². The van der Waals surface area contributed by atoms with E-state index in [-0.39, 0.29) is 0 Å². The molecule has 0 spiro atoms. The average Bonchev–Trinajstić information content (AvgIpc) is 3.09. The van der Waals surface area contributed by atoms with E-state index in [1.807, 2.05) is 50.8 Å². The lowest BCUT2D eigenvalue weighted by Gasteiger charge is -2.11. The second-order valence-corrected chi connectivity index (χ2v) is 7.90. The maximum Gasteiger partial charge on any atom is 0.171 e. The van der Waals surface area contributed by atoms with Crippen molar-refractivity contribution in [1.29, 1.82) is 0 Å². The molecule has 28 heavy (non-hydrogen) atoms. The maximum absolute atomic E-state index is 6.12. The van der Waals surface area contributed by atoms with Crippen LogP contribution < -0.4 is 10.6 Å². The number of aryl methyl sites for hydroxylation is 3. The molecule has 0 saturated heterocycles. The highest BCUT2D eigenvalue weighted by Crippen LogP contribution is 2.25. The monoisotopic (exact) mass is 436 g/mol. The van der Waals surface area contributed by atoms with Crippen molar-refractivity contribution in [2.45, 2.75) is 33.9 Å².